The molecule has 0 aliphatic rings. The summed E-state index contributed by atoms with van der Waals surface area (Å²) in [4.78, 5) is 0. The number of nitrogen functional groups attached to an aromatic ring is 1. The van der Waals surface area contributed by atoms with E-state index in [2.05, 4.69) is 10.5 Å². The van der Waals surface area contributed by atoms with E-state index in [-0.39, 0.29) is 5.69 Å². The predicted molar refractivity (Wildman–Crippen MR) is 72.8 cm³/mol. The maximum atomic E-state index is 12.8. The van der Waals surface area contributed by atoms with E-state index in [1.165, 1.54) is 6.07 Å². The van der Waals surface area contributed by atoms with E-state index in [1.807, 2.05) is 0 Å². The van der Waals surface area contributed by atoms with Crippen molar-refractivity contribution < 1.29 is 13.2 Å². The standard InChI is InChI=1S/C13H16F3N5/c1-21-5-4-9(20-21)7-12(19-18)10-6-8(13(14,15)16)2-3-11(10)17/h2-6,12,19H,7,17-18H2,1H3. The van der Waals surface area contributed by atoms with Crippen molar-refractivity contribution in [2.45, 2.75) is 18.6 Å². The highest BCUT2D eigenvalue weighted by atomic mass is 19.4. The molecule has 1 aromatic heterocycles. The van der Waals surface area contributed by atoms with Crippen LogP contribution in [0.3, 0.4) is 0 Å². The SMILES string of the molecule is Cn1ccc(CC(NN)c2cc(C(F)(F)F)ccc2N)n1. The molecular weight excluding hydrogens is 283 g/mol. The fourth-order valence-electron chi connectivity index (χ4n) is 2.09. The largest absolute Gasteiger partial charge is 0.416 e. The zero-order valence-corrected chi connectivity index (χ0v) is 11.4. The van der Waals surface area contributed by atoms with Crippen LogP contribution in [0.4, 0.5) is 18.9 Å². The van der Waals surface area contributed by atoms with Gasteiger partial charge in [-0.3, -0.25) is 16.0 Å². The molecular formula is C13H16F3N5. The van der Waals surface area contributed by atoms with Gasteiger partial charge in [-0.1, -0.05) is 0 Å². The Kier molecular flexibility index (Phi) is 4.19. The van der Waals surface area contributed by atoms with Crippen molar-refractivity contribution in [3.8, 4) is 0 Å². The summed E-state index contributed by atoms with van der Waals surface area (Å²) in [7, 11) is 1.76. The van der Waals surface area contributed by atoms with Gasteiger partial charge >= 0.3 is 6.18 Å². The third kappa shape index (κ3) is 3.53. The van der Waals surface area contributed by atoms with Gasteiger partial charge in [0.05, 0.1) is 17.3 Å². The minimum Gasteiger partial charge on any atom is -0.398 e. The quantitative estimate of drug-likeness (QED) is 0.456. The Labute approximate surface area is 119 Å². The van der Waals surface area contributed by atoms with Gasteiger partial charge in [0.25, 0.3) is 0 Å². The van der Waals surface area contributed by atoms with E-state index >= 15 is 0 Å². The van der Waals surface area contributed by atoms with Crippen LogP contribution >= 0.6 is 0 Å². The Hall–Kier alpha value is -2.06. The van der Waals surface area contributed by atoms with E-state index in [1.54, 1.807) is 24.0 Å². The van der Waals surface area contributed by atoms with Crippen molar-refractivity contribution in [1.29, 1.82) is 0 Å². The molecule has 21 heavy (non-hydrogen) atoms. The lowest BCUT2D eigenvalue weighted by atomic mass is 9.98. The lowest BCUT2D eigenvalue weighted by Crippen LogP contribution is -2.30. The van der Waals surface area contributed by atoms with Crippen LogP contribution in [0.15, 0.2) is 30.5 Å². The average Bonchev–Trinajstić information content (AvgIpc) is 2.81. The maximum Gasteiger partial charge on any atom is 0.416 e. The molecule has 0 fully saturated rings. The number of anilines is 1. The minimum atomic E-state index is -4.42. The number of aromatic nitrogens is 2. The maximum absolute atomic E-state index is 12.8. The Morgan fingerprint density at radius 3 is 2.57 bits per heavy atom. The second-order valence-electron chi connectivity index (χ2n) is 4.75. The number of hydrogen-bond donors (Lipinski definition) is 3. The molecule has 0 radical (unpaired) electrons. The first-order chi connectivity index (χ1) is 9.81. The molecule has 114 valence electrons. The molecule has 1 atom stereocenters. The molecule has 1 unspecified atom stereocenters. The number of hydrazine groups is 1. The van der Waals surface area contributed by atoms with Crippen LogP contribution < -0.4 is 17.0 Å². The van der Waals surface area contributed by atoms with Crippen molar-refractivity contribution in [3.63, 3.8) is 0 Å². The number of alkyl halides is 3. The summed E-state index contributed by atoms with van der Waals surface area (Å²) in [6.07, 6.45) is -2.34. The second kappa shape index (κ2) is 5.74. The average molecular weight is 299 g/mol. The van der Waals surface area contributed by atoms with Gasteiger partial charge in [-0.25, -0.2) is 0 Å². The lowest BCUT2D eigenvalue weighted by molar-refractivity contribution is -0.137. The summed E-state index contributed by atoms with van der Waals surface area (Å²) in [6.45, 7) is 0. The van der Waals surface area contributed by atoms with Crippen molar-refractivity contribution in [2.24, 2.45) is 12.9 Å². The van der Waals surface area contributed by atoms with Crippen LogP contribution in [0.1, 0.15) is 22.9 Å². The molecule has 5 N–H and O–H groups in total. The van der Waals surface area contributed by atoms with E-state index in [0.717, 1.165) is 12.1 Å². The molecule has 2 rings (SSSR count). The Balaban J connectivity index is 2.33. The zero-order valence-electron chi connectivity index (χ0n) is 11.4. The van der Waals surface area contributed by atoms with Gasteiger partial charge in [0, 0.05) is 25.4 Å². The molecule has 8 heteroatoms. The molecule has 0 saturated carbocycles. The van der Waals surface area contributed by atoms with Gasteiger partial charge < -0.3 is 5.73 Å². The van der Waals surface area contributed by atoms with Gasteiger partial charge in [-0.2, -0.15) is 18.3 Å². The first kappa shape index (κ1) is 15.3. The molecule has 0 spiro atoms. The number of benzene rings is 1. The van der Waals surface area contributed by atoms with Crippen LogP contribution in [-0.4, -0.2) is 9.78 Å². The number of nitrogens with one attached hydrogen (secondary N) is 1. The highest BCUT2D eigenvalue weighted by Gasteiger charge is 2.31. The van der Waals surface area contributed by atoms with Gasteiger partial charge in [0.1, 0.15) is 0 Å². The number of nitrogens with two attached hydrogens (primary N) is 2. The van der Waals surface area contributed by atoms with Crippen molar-refractivity contribution in [3.05, 3.63) is 47.3 Å². The van der Waals surface area contributed by atoms with E-state index < -0.39 is 17.8 Å². The summed E-state index contributed by atoms with van der Waals surface area (Å²) in [5.41, 5.74) is 8.78. The van der Waals surface area contributed by atoms with Crippen LogP contribution in [0, 0.1) is 0 Å². The van der Waals surface area contributed by atoms with Crippen LogP contribution in [0.25, 0.3) is 0 Å². The summed E-state index contributed by atoms with van der Waals surface area (Å²) in [5, 5.41) is 4.18. The Bertz CT molecular complexity index is 621. The Morgan fingerprint density at radius 2 is 2.05 bits per heavy atom. The summed E-state index contributed by atoms with van der Waals surface area (Å²) < 4.78 is 40.0. The fraction of sp³-hybridized carbons (Fsp3) is 0.308. The topological polar surface area (TPSA) is 81.9 Å². The highest BCUT2D eigenvalue weighted by Crippen LogP contribution is 2.33. The molecule has 0 saturated heterocycles. The summed E-state index contributed by atoms with van der Waals surface area (Å²) in [6, 6.07) is 4.42. The highest BCUT2D eigenvalue weighted by molar-refractivity contribution is 5.51. The van der Waals surface area contributed by atoms with Crippen LogP contribution in [0.5, 0.6) is 0 Å². The van der Waals surface area contributed by atoms with Gasteiger partial charge in [0.2, 0.25) is 0 Å². The van der Waals surface area contributed by atoms with E-state index in [4.69, 9.17) is 11.6 Å². The summed E-state index contributed by atoms with van der Waals surface area (Å²) >= 11 is 0. The molecule has 0 aliphatic heterocycles. The van der Waals surface area contributed by atoms with Crippen molar-refractivity contribution in [2.75, 3.05) is 5.73 Å². The molecule has 1 heterocycles. The first-order valence-corrected chi connectivity index (χ1v) is 6.22. The molecule has 1 aromatic carbocycles. The molecule has 0 aliphatic carbocycles. The van der Waals surface area contributed by atoms with Gasteiger partial charge in [-0.15, -0.1) is 0 Å². The molecule has 2 aromatic rings. The normalized spacial score (nSPS) is 13.4. The number of rotatable bonds is 4. The number of halogens is 3. The molecule has 5 nitrogen and oxygen atoms in total. The van der Waals surface area contributed by atoms with Gasteiger partial charge in [0.15, 0.2) is 0 Å². The van der Waals surface area contributed by atoms with E-state index in [0.29, 0.717) is 17.7 Å². The van der Waals surface area contributed by atoms with Crippen molar-refractivity contribution in [1.82, 2.24) is 15.2 Å². The molecule has 0 bridgehead atoms. The Morgan fingerprint density at radius 1 is 1.33 bits per heavy atom. The van der Waals surface area contributed by atoms with Crippen LogP contribution in [0.2, 0.25) is 0 Å². The summed E-state index contributed by atoms with van der Waals surface area (Å²) in [5.74, 6) is 5.47. The number of nitrogens with zero attached hydrogens (tertiary/aromatic N) is 2. The first-order valence-electron chi connectivity index (χ1n) is 6.22. The van der Waals surface area contributed by atoms with Crippen LogP contribution in [-0.2, 0) is 19.6 Å². The number of aryl methyl sites for hydroxylation is 1. The smallest absolute Gasteiger partial charge is 0.398 e. The lowest BCUT2D eigenvalue weighted by Gasteiger charge is -2.19. The van der Waals surface area contributed by atoms with Crippen molar-refractivity contribution >= 4 is 5.69 Å². The monoisotopic (exact) mass is 299 g/mol. The third-order valence-corrected chi connectivity index (χ3v) is 3.17. The third-order valence-electron chi connectivity index (χ3n) is 3.17. The van der Waals surface area contributed by atoms with E-state index in [9.17, 15) is 13.2 Å². The second-order valence-corrected chi connectivity index (χ2v) is 4.75. The van der Waals surface area contributed by atoms with Gasteiger partial charge in [-0.05, 0) is 29.8 Å². The molecule has 0 amide bonds. The number of hydrogen-bond acceptors (Lipinski definition) is 4. The zero-order chi connectivity index (χ0) is 15.6. The minimum absolute atomic E-state index is 0.252. The predicted octanol–water partition coefficient (Wildman–Crippen LogP) is 1.77. The fourth-order valence-corrected chi connectivity index (χ4v) is 2.09.